The number of urea groups is 1. The quantitative estimate of drug-likeness (QED) is 0.622. The largest absolute Gasteiger partial charge is 0.492 e. The van der Waals surface area contributed by atoms with E-state index in [9.17, 15) is 4.79 Å². The maximum atomic E-state index is 10.5. The number of ether oxygens (including phenoxy) is 1. The lowest BCUT2D eigenvalue weighted by Crippen LogP contribution is -2.40. The minimum absolute atomic E-state index is 0.678. The molecule has 0 radical (unpaired) electrons. The zero-order valence-corrected chi connectivity index (χ0v) is 13.9. The minimum atomic E-state index is -0.678. The van der Waals surface area contributed by atoms with Crippen molar-refractivity contribution in [2.24, 2.45) is 22.7 Å². The van der Waals surface area contributed by atoms with Crippen LogP contribution in [-0.2, 0) is 0 Å². The molecule has 1 aromatic rings. The molecule has 1 fully saturated rings. The van der Waals surface area contributed by atoms with Crippen molar-refractivity contribution in [1.29, 1.82) is 0 Å². The van der Waals surface area contributed by atoms with E-state index in [0.717, 1.165) is 42.8 Å². The van der Waals surface area contributed by atoms with Gasteiger partial charge in [-0.15, -0.1) is 0 Å². The maximum absolute atomic E-state index is 10.5. The highest BCUT2D eigenvalue weighted by molar-refractivity contribution is 5.81. The third kappa shape index (κ3) is 6.28. The maximum Gasteiger partial charge on any atom is 0.332 e. The molecule has 2 unspecified atom stereocenters. The monoisotopic (exact) mass is 318 g/mol. The molecule has 0 spiro atoms. The molecule has 6 heteroatoms. The van der Waals surface area contributed by atoms with Crippen molar-refractivity contribution in [3.8, 4) is 5.75 Å². The fraction of sp³-hybridized carbons (Fsp3) is 0.529. The van der Waals surface area contributed by atoms with E-state index in [1.165, 1.54) is 12.6 Å². The fourth-order valence-electron chi connectivity index (χ4n) is 3.09. The average molecular weight is 318 g/mol. The second kappa shape index (κ2) is 8.53. The van der Waals surface area contributed by atoms with E-state index in [0.29, 0.717) is 6.61 Å². The predicted molar refractivity (Wildman–Crippen MR) is 91.6 cm³/mol. The molecule has 3 N–H and O–H groups in total. The summed E-state index contributed by atoms with van der Waals surface area (Å²) in [5.74, 6) is 2.38. The highest BCUT2D eigenvalue weighted by atomic mass is 16.5. The lowest BCUT2D eigenvalue weighted by molar-refractivity contribution is 0.120. The number of primary amides is 1. The van der Waals surface area contributed by atoms with E-state index in [4.69, 9.17) is 10.5 Å². The summed E-state index contributed by atoms with van der Waals surface area (Å²) in [5, 5.41) is 3.71. The topological polar surface area (TPSA) is 79.9 Å². The zero-order chi connectivity index (χ0) is 16.7. The van der Waals surface area contributed by atoms with Gasteiger partial charge in [-0.05, 0) is 48.1 Å². The number of rotatable bonds is 6. The van der Waals surface area contributed by atoms with Gasteiger partial charge in [-0.3, -0.25) is 4.90 Å². The molecular weight excluding hydrogens is 292 g/mol. The summed E-state index contributed by atoms with van der Waals surface area (Å²) in [6.45, 7) is 8.61. The van der Waals surface area contributed by atoms with Crippen LogP contribution in [-0.4, -0.2) is 43.4 Å². The van der Waals surface area contributed by atoms with Gasteiger partial charge in [0.1, 0.15) is 12.4 Å². The van der Waals surface area contributed by atoms with Crippen LogP contribution < -0.4 is 15.9 Å². The second-order valence-electron chi connectivity index (χ2n) is 6.36. The first-order chi connectivity index (χ1) is 11.0. The van der Waals surface area contributed by atoms with Gasteiger partial charge in [0, 0.05) is 19.6 Å². The molecule has 23 heavy (non-hydrogen) atoms. The Hall–Kier alpha value is -2.08. The Balaban J connectivity index is 1.73. The van der Waals surface area contributed by atoms with Gasteiger partial charge >= 0.3 is 6.03 Å². The van der Waals surface area contributed by atoms with E-state index in [1.54, 1.807) is 0 Å². The summed E-state index contributed by atoms with van der Waals surface area (Å²) >= 11 is 0. The number of benzene rings is 1. The number of amides is 2. The third-order valence-electron chi connectivity index (χ3n) is 3.89. The predicted octanol–water partition coefficient (Wildman–Crippen LogP) is 2.05. The fourth-order valence-corrected chi connectivity index (χ4v) is 3.09. The Morgan fingerprint density at radius 3 is 2.61 bits per heavy atom. The van der Waals surface area contributed by atoms with Gasteiger partial charge in [-0.25, -0.2) is 10.2 Å². The van der Waals surface area contributed by atoms with Crippen molar-refractivity contribution >= 4 is 12.2 Å². The lowest BCUT2D eigenvalue weighted by atomic mass is 9.92. The summed E-state index contributed by atoms with van der Waals surface area (Å²) < 4.78 is 5.80. The van der Waals surface area contributed by atoms with Gasteiger partial charge in [-0.2, -0.15) is 5.10 Å². The molecule has 2 rings (SSSR count). The molecule has 1 heterocycles. The summed E-state index contributed by atoms with van der Waals surface area (Å²) in [4.78, 5) is 13.0. The first-order valence-electron chi connectivity index (χ1n) is 8.06. The lowest BCUT2D eigenvalue weighted by Gasteiger charge is -2.34. The number of likely N-dealkylation sites (tertiary alicyclic amines) is 1. The first kappa shape index (κ1) is 17.3. The highest BCUT2D eigenvalue weighted by Gasteiger charge is 2.21. The van der Waals surface area contributed by atoms with E-state index in [2.05, 4.69) is 29.3 Å². The van der Waals surface area contributed by atoms with Crippen molar-refractivity contribution in [2.75, 3.05) is 26.2 Å². The van der Waals surface area contributed by atoms with Crippen LogP contribution in [0.4, 0.5) is 4.79 Å². The summed E-state index contributed by atoms with van der Waals surface area (Å²) in [7, 11) is 0. The third-order valence-corrected chi connectivity index (χ3v) is 3.89. The first-order valence-corrected chi connectivity index (χ1v) is 8.06. The van der Waals surface area contributed by atoms with Crippen LogP contribution >= 0.6 is 0 Å². The SMILES string of the molecule is CC1CC(C)CN(CCOc2ccc(C=NNC(N)=O)cc2)C1. The summed E-state index contributed by atoms with van der Waals surface area (Å²) in [6.07, 6.45) is 2.86. The number of hydrogen-bond acceptors (Lipinski definition) is 4. The second-order valence-corrected chi connectivity index (χ2v) is 6.36. The van der Waals surface area contributed by atoms with Crippen LogP contribution in [0.25, 0.3) is 0 Å². The van der Waals surface area contributed by atoms with E-state index < -0.39 is 6.03 Å². The smallest absolute Gasteiger partial charge is 0.332 e. The van der Waals surface area contributed by atoms with Crippen LogP contribution in [0.3, 0.4) is 0 Å². The molecule has 2 amide bonds. The molecule has 1 saturated heterocycles. The molecule has 1 aliphatic rings. The normalized spacial score (nSPS) is 22.2. The number of carbonyl (C=O) groups is 1. The van der Waals surface area contributed by atoms with Crippen LogP contribution in [0.15, 0.2) is 29.4 Å². The van der Waals surface area contributed by atoms with Crippen molar-refractivity contribution in [3.05, 3.63) is 29.8 Å². The Labute approximate surface area is 137 Å². The van der Waals surface area contributed by atoms with Gasteiger partial charge < -0.3 is 10.5 Å². The van der Waals surface area contributed by atoms with Crippen molar-refractivity contribution in [1.82, 2.24) is 10.3 Å². The number of hydrogen-bond donors (Lipinski definition) is 2. The van der Waals surface area contributed by atoms with Crippen LogP contribution in [0.1, 0.15) is 25.8 Å². The van der Waals surface area contributed by atoms with E-state index >= 15 is 0 Å². The number of nitrogens with zero attached hydrogens (tertiary/aromatic N) is 2. The van der Waals surface area contributed by atoms with Crippen molar-refractivity contribution < 1.29 is 9.53 Å². The number of hydrazone groups is 1. The zero-order valence-electron chi connectivity index (χ0n) is 13.9. The minimum Gasteiger partial charge on any atom is -0.492 e. The van der Waals surface area contributed by atoms with Gasteiger partial charge in [-0.1, -0.05) is 13.8 Å². The van der Waals surface area contributed by atoms with Crippen molar-refractivity contribution in [2.45, 2.75) is 20.3 Å². The average Bonchev–Trinajstić information content (AvgIpc) is 2.47. The van der Waals surface area contributed by atoms with E-state index in [1.807, 2.05) is 24.3 Å². The molecule has 0 bridgehead atoms. The van der Waals surface area contributed by atoms with Crippen LogP contribution in [0.2, 0.25) is 0 Å². The van der Waals surface area contributed by atoms with Crippen LogP contribution in [0.5, 0.6) is 5.75 Å². The number of piperidine rings is 1. The summed E-state index contributed by atoms with van der Waals surface area (Å²) in [6, 6.07) is 6.88. The molecule has 6 nitrogen and oxygen atoms in total. The Kier molecular flexibility index (Phi) is 6.40. The molecule has 2 atom stereocenters. The molecule has 126 valence electrons. The summed E-state index contributed by atoms with van der Waals surface area (Å²) in [5.41, 5.74) is 7.95. The molecule has 0 aliphatic carbocycles. The van der Waals surface area contributed by atoms with Crippen LogP contribution in [0, 0.1) is 11.8 Å². The number of nitrogens with one attached hydrogen (secondary N) is 1. The standard InChI is InChI=1S/C17H26N4O2/c1-13-9-14(2)12-21(11-13)7-8-23-16-5-3-15(4-6-16)10-19-20-17(18)22/h3-6,10,13-14H,7-9,11-12H2,1-2H3,(H3,18,20,22). The highest BCUT2D eigenvalue weighted by Crippen LogP contribution is 2.20. The van der Waals surface area contributed by atoms with Gasteiger partial charge in [0.05, 0.1) is 6.21 Å². The molecule has 1 aliphatic heterocycles. The number of carbonyl (C=O) groups excluding carboxylic acids is 1. The van der Waals surface area contributed by atoms with E-state index in [-0.39, 0.29) is 0 Å². The molecule has 0 saturated carbocycles. The van der Waals surface area contributed by atoms with Gasteiger partial charge in [0.15, 0.2) is 0 Å². The Morgan fingerprint density at radius 2 is 2.00 bits per heavy atom. The van der Waals surface area contributed by atoms with Gasteiger partial charge in [0.25, 0.3) is 0 Å². The number of nitrogens with two attached hydrogens (primary N) is 1. The molecule has 0 aromatic heterocycles. The Bertz CT molecular complexity index is 520. The molecule has 1 aromatic carbocycles. The van der Waals surface area contributed by atoms with Crippen molar-refractivity contribution in [3.63, 3.8) is 0 Å². The van der Waals surface area contributed by atoms with Gasteiger partial charge in [0.2, 0.25) is 0 Å². The Morgan fingerprint density at radius 1 is 1.35 bits per heavy atom. The molecular formula is C17H26N4O2.